The molecule has 1 aliphatic carbocycles. The molecule has 2 aromatic carbocycles. The number of ether oxygens (including phenoxy) is 1. The molecule has 2 aliphatic rings. The van der Waals surface area contributed by atoms with Crippen molar-refractivity contribution in [3.63, 3.8) is 0 Å². The van der Waals surface area contributed by atoms with Crippen molar-refractivity contribution in [1.29, 1.82) is 0 Å². The van der Waals surface area contributed by atoms with Crippen LogP contribution in [0.3, 0.4) is 0 Å². The number of Topliss-reactive ketones (excluding diaryl/α,β-unsaturated/α-hetero) is 1. The highest BCUT2D eigenvalue weighted by molar-refractivity contribution is 6.00. The van der Waals surface area contributed by atoms with E-state index in [2.05, 4.69) is 29.2 Å². The summed E-state index contributed by atoms with van der Waals surface area (Å²) in [5, 5.41) is 6.77. The van der Waals surface area contributed by atoms with Gasteiger partial charge in [0.25, 0.3) is 5.82 Å². The summed E-state index contributed by atoms with van der Waals surface area (Å²) < 4.78 is 46.9. The molecule has 1 aliphatic heterocycles. The van der Waals surface area contributed by atoms with Gasteiger partial charge in [0.1, 0.15) is 11.8 Å². The molecule has 9 heteroatoms. The van der Waals surface area contributed by atoms with Crippen molar-refractivity contribution in [2.45, 2.75) is 50.7 Å². The number of alkyl halides is 3. The van der Waals surface area contributed by atoms with Gasteiger partial charge in [-0.3, -0.25) is 4.79 Å². The molecule has 0 saturated heterocycles. The van der Waals surface area contributed by atoms with Gasteiger partial charge in [0.2, 0.25) is 5.95 Å². The molecule has 0 spiro atoms. The van der Waals surface area contributed by atoms with Crippen molar-refractivity contribution < 1.29 is 22.7 Å². The third-order valence-corrected chi connectivity index (χ3v) is 6.68. The van der Waals surface area contributed by atoms with Gasteiger partial charge in [0.15, 0.2) is 5.78 Å². The largest absolute Gasteiger partial charge is 0.497 e. The molecule has 2 atom stereocenters. The SMILES string of the molecule is COc1ccc(C2CC(=O)C3=C(C2)Nc2nc(C(F)(F)F)nn2C3c2ccc(C(C)C)cc2)cc1. The number of hydrogen-bond donors (Lipinski definition) is 1. The van der Waals surface area contributed by atoms with Gasteiger partial charge in [-0.15, -0.1) is 5.10 Å². The van der Waals surface area contributed by atoms with E-state index in [4.69, 9.17) is 4.74 Å². The second-order valence-electron chi connectivity index (χ2n) is 9.24. The summed E-state index contributed by atoms with van der Waals surface area (Å²) in [6.07, 6.45) is -3.97. The summed E-state index contributed by atoms with van der Waals surface area (Å²) in [4.78, 5) is 17.2. The van der Waals surface area contributed by atoms with Crippen LogP contribution in [0.2, 0.25) is 0 Å². The van der Waals surface area contributed by atoms with Crippen molar-refractivity contribution in [1.82, 2.24) is 14.8 Å². The molecule has 35 heavy (non-hydrogen) atoms. The summed E-state index contributed by atoms with van der Waals surface area (Å²) in [5.41, 5.74) is 3.79. The number of nitrogens with zero attached hydrogens (tertiary/aromatic N) is 3. The van der Waals surface area contributed by atoms with E-state index in [0.717, 1.165) is 11.1 Å². The molecule has 2 unspecified atom stereocenters. The van der Waals surface area contributed by atoms with Crippen LogP contribution in [0.5, 0.6) is 5.75 Å². The molecule has 182 valence electrons. The van der Waals surface area contributed by atoms with Crippen molar-refractivity contribution in [2.75, 3.05) is 12.4 Å². The smallest absolute Gasteiger partial charge is 0.453 e. The van der Waals surface area contributed by atoms with Gasteiger partial charge in [0, 0.05) is 17.7 Å². The van der Waals surface area contributed by atoms with Crippen LogP contribution in [0.1, 0.15) is 67.1 Å². The normalized spacial score (nSPS) is 19.9. The number of allylic oxidation sites excluding steroid dienone is 2. The first-order valence-electron chi connectivity index (χ1n) is 11.5. The van der Waals surface area contributed by atoms with Crippen LogP contribution in [0.4, 0.5) is 19.1 Å². The summed E-state index contributed by atoms with van der Waals surface area (Å²) in [6.45, 7) is 4.13. The zero-order valence-electron chi connectivity index (χ0n) is 19.6. The monoisotopic (exact) mass is 482 g/mol. The summed E-state index contributed by atoms with van der Waals surface area (Å²) in [7, 11) is 1.58. The lowest BCUT2D eigenvalue weighted by Gasteiger charge is -2.35. The quantitative estimate of drug-likeness (QED) is 0.506. The summed E-state index contributed by atoms with van der Waals surface area (Å²) in [5.74, 6) is -0.469. The molecule has 0 amide bonds. The number of nitrogens with one attached hydrogen (secondary N) is 1. The molecule has 0 bridgehead atoms. The minimum Gasteiger partial charge on any atom is -0.497 e. The Kier molecular flexibility index (Phi) is 5.65. The highest BCUT2D eigenvalue weighted by Gasteiger charge is 2.43. The van der Waals surface area contributed by atoms with Crippen molar-refractivity contribution >= 4 is 11.7 Å². The minimum atomic E-state index is -4.70. The molecule has 0 radical (unpaired) electrons. The molecule has 5 rings (SSSR count). The van der Waals surface area contributed by atoms with Crippen LogP contribution in [-0.4, -0.2) is 27.7 Å². The Labute approximate surface area is 200 Å². The summed E-state index contributed by atoms with van der Waals surface area (Å²) in [6, 6.07) is 14.3. The average Bonchev–Trinajstić information content (AvgIpc) is 3.27. The fourth-order valence-corrected chi connectivity index (χ4v) is 4.82. The fourth-order valence-electron chi connectivity index (χ4n) is 4.82. The van der Waals surface area contributed by atoms with Gasteiger partial charge in [0.05, 0.1) is 7.11 Å². The van der Waals surface area contributed by atoms with E-state index in [-0.39, 0.29) is 24.1 Å². The van der Waals surface area contributed by atoms with Gasteiger partial charge >= 0.3 is 6.18 Å². The molecule has 3 aromatic rings. The number of carbonyl (C=O) groups is 1. The molecule has 0 saturated carbocycles. The molecular formula is C26H25F3N4O2. The molecule has 1 aromatic heterocycles. The third-order valence-electron chi connectivity index (χ3n) is 6.68. The van der Waals surface area contributed by atoms with E-state index in [1.54, 1.807) is 7.11 Å². The first-order valence-corrected chi connectivity index (χ1v) is 11.5. The number of carbonyl (C=O) groups excluding carboxylic acids is 1. The lowest BCUT2D eigenvalue weighted by atomic mass is 9.78. The van der Waals surface area contributed by atoms with Gasteiger partial charge < -0.3 is 10.1 Å². The highest BCUT2D eigenvalue weighted by Crippen LogP contribution is 2.45. The van der Waals surface area contributed by atoms with Crippen molar-refractivity contribution in [3.8, 4) is 5.75 Å². The molecule has 6 nitrogen and oxygen atoms in total. The first-order chi connectivity index (χ1) is 16.7. The Bertz CT molecular complexity index is 1290. The Balaban J connectivity index is 1.58. The zero-order chi connectivity index (χ0) is 24.9. The Hall–Kier alpha value is -3.62. The topological polar surface area (TPSA) is 69.0 Å². The van der Waals surface area contributed by atoms with E-state index < -0.39 is 18.0 Å². The van der Waals surface area contributed by atoms with E-state index in [0.29, 0.717) is 34.9 Å². The van der Waals surface area contributed by atoms with Gasteiger partial charge in [-0.05, 0) is 47.1 Å². The van der Waals surface area contributed by atoms with E-state index in [9.17, 15) is 18.0 Å². The number of methoxy groups -OCH3 is 1. The standard InChI is InChI=1S/C26H25F3N4O2/c1-14(2)15-4-6-17(7-5-15)23-22-20(30-25-31-24(26(27,28)29)32-33(23)25)12-18(13-21(22)34)16-8-10-19(35-3)11-9-16/h4-11,14,18,23H,12-13H2,1-3H3,(H,30,31,32). The van der Waals surface area contributed by atoms with Crippen LogP contribution in [0.15, 0.2) is 59.8 Å². The van der Waals surface area contributed by atoms with E-state index >= 15 is 0 Å². The van der Waals surface area contributed by atoms with Gasteiger partial charge in [-0.25, -0.2) is 4.68 Å². The second kappa shape index (κ2) is 8.55. The Morgan fingerprint density at radius 3 is 2.29 bits per heavy atom. The number of fused-ring (bicyclic) bond motifs is 1. The van der Waals surface area contributed by atoms with Gasteiger partial charge in [-0.2, -0.15) is 18.2 Å². The number of benzene rings is 2. The number of aromatic nitrogens is 3. The van der Waals surface area contributed by atoms with Crippen LogP contribution < -0.4 is 10.1 Å². The lowest BCUT2D eigenvalue weighted by molar-refractivity contribution is -0.145. The molecule has 0 fully saturated rings. The van der Waals surface area contributed by atoms with Crippen LogP contribution in [-0.2, 0) is 11.0 Å². The molecule has 1 N–H and O–H groups in total. The maximum Gasteiger partial charge on any atom is 0.453 e. The third kappa shape index (κ3) is 4.19. The molecular weight excluding hydrogens is 457 g/mol. The number of hydrogen-bond acceptors (Lipinski definition) is 5. The van der Waals surface area contributed by atoms with Crippen molar-refractivity contribution in [3.05, 3.63) is 82.3 Å². The van der Waals surface area contributed by atoms with E-state index in [1.165, 1.54) is 4.68 Å². The highest BCUT2D eigenvalue weighted by atomic mass is 19.4. The number of rotatable bonds is 4. The number of anilines is 1. The maximum atomic E-state index is 13.5. The molecule has 2 heterocycles. The Morgan fingerprint density at radius 1 is 1.03 bits per heavy atom. The van der Waals surface area contributed by atoms with Crippen LogP contribution >= 0.6 is 0 Å². The average molecular weight is 483 g/mol. The first kappa shape index (κ1) is 23.1. The second-order valence-corrected chi connectivity index (χ2v) is 9.24. The van der Waals surface area contributed by atoms with Crippen LogP contribution in [0.25, 0.3) is 0 Å². The maximum absolute atomic E-state index is 13.5. The number of ketones is 1. The Morgan fingerprint density at radius 2 is 1.69 bits per heavy atom. The fraction of sp³-hybridized carbons (Fsp3) is 0.346. The van der Waals surface area contributed by atoms with Gasteiger partial charge in [-0.1, -0.05) is 50.2 Å². The van der Waals surface area contributed by atoms with Crippen molar-refractivity contribution in [2.24, 2.45) is 0 Å². The van der Waals surface area contributed by atoms with Crippen LogP contribution in [0, 0.1) is 0 Å². The summed E-state index contributed by atoms with van der Waals surface area (Å²) >= 11 is 0. The number of halogens is 3. The lowest BCUT2D eigenvalue weighted by Crippen LogP contribution is -2.33. The zero-order valence-corrected chi connectivity index (χ0v) is 19.6. The minimum absolute atomic E-state index is 0.0165. The van der Waals surface area contributed by atoms with E-state index in [1.807, 2.05) is 48.5 Å². The predicted molar refractivity (Wildman–Crippen MR) is 124 cm³/mol. The predicted octanol–water partition coefficient (Wildman–Crippen LogP) is 5.84.